The molecule has 0 radical (unpaired) electrons. The molecule has 6 heteroatoms. The van der Waals surface area contributed by atoms with Crippen LogP contribution in [-0.4, -0.2) is 30.5 Å². The van der Waals surface area contributed by atoms with Gasteiger partial charge < -0.3 is 9.67 Å². The maximum Gasteiger partial charge on any atom is 0.128 e. The van der Waals surface area contributed by atoms with Gasteiger partial charge in [-0.1, -0.05) is 19.3 Å². The number of aromatic nitrogens is 4. The molecule has 1 aliphatic rings. The van der Waals surface area contributed by atoms with E-state index in [4.69, 9.17) is 0 Å². The summed E-state index contributed by atoms with van der Waals surface area (Å²) in [6.45, 7) is 1.95. The van der Waals surface area contributed by atoms with E-state index in [2.05, 4.69) is 15.2 Å². The van der Waals surface area contributed by atoms with Gasteiger partial charge in [-0.3, -0.25) is 10.1 Å². The van der Waals surface area contributed by atoms with Gasteiger partial charge in [-0.25, -0.2) is 4.39 Å². The molecular weight excluding hydrogens is 331 g/mol. The Balaban J connectivity index is 1.82. The molecule has 5 nitrogen and oxygen atoms in total. The van der Waals surface area contributed by atoms with Gasteiger partial charge in [0.05, 0.1) is 29.5 Å². The molecule has 0 saturated heterocycles. The van der Waals surface area contributed by atoms with E-state index in [-0.39, 0.29) is 5.76 Å². The lowest BCUT2D eigenvalue weighted by Gasteiger charge is -2.30. The van der Waals surface area contributed by atoms with Gasteiger partial charge in [0.2, 0.25) is 0 Å². The van der Waals surface area contributed by atoms with Gasteiger partial charge in [-0.15, -0.1) is 0 Å². The smallest absolute Gasteiger partial charge is 0.128 e. The maximum absolute atomic E-state index is 15.3. The summed E-state index contributed by atoms with van der Waals surface area (Å²) in [6.07, 6.45) is 13.1. The highest BCUT2D eigenvalue weighted by atomic mass is 19.1. The minimum Gasteiger partial charge on any atom is -0.513 e. The van der Waals surface area contributed by atoms with Gasteiger partial charge >= 0.3 is 0 Å². The summed E-state index contributed by atoms with van der Waals surface area (Å²) in [5, 5.41) is 16.4. The lowest BCUT2D eigenvalue weighted by molar-refractivity contribution is 0.0873. The van der Waals surface area contributed by atoms with Crippen molar-refractivity contribution in [1.82, 2.24) is 19.7 Å². The Morgan fingerprint density at radius 2 is 2.15 bits per heavy atom. The van der Waals surface area contributed by atoms with Crippen LogP contribution in [0, 0.1) is 0 Å². The van der Waals surface area contributed by atoms with Crippen molar-refractivity contribution in [2.24, 2.45) is 0 Å². The van der Waals surface area contributed by atoms with Crippen molar-refractivity contribution in [2.45, 2.75) is 51.2 Å². The third kappa shape index (κ3) is 3.23. The number of halogens is 1. The zero-order valence-corrected chi connectivity index (χ0v) is 14.9. The van der Waals surface area contributed by atoms with E-state index in [0.29, 0.717) is 19.4 Å². The highest BCUT2D eigenvalue weighted by Gasteiger charge is 2.32. The van der Waals surface area contributed by atoms with Gasteiger partial charge in [0.25, 0.3) is 0 Å². The fraction of sp³-hybridized carbons (Fsp3) is 0.400. The van der Waals surface area contributed by atoms with E-state index < -0.39 is 5.67 Å². The monoisotopic (exact) mass is 354 g/mol. The van der Waals surface area contributed by atoms with E-state index in [0.717, 1.165) is 47.0 Å². The van der Waals surface area contributed by atoms with Crippen LogP contribution in [0.2, 0.25) is 0 Å². The molecule has 3 aromatic rings. The zero-order chi connectivity index (χ0) is 18.1. The minimum atomic E-state index is -1.17. The standard InChI is InChI=1S/C20H23FN4O/c1-14(26)7-15-8-18-19(22-9-15)17(16-10-23-24-11-16)12-25(18)13-20(21)5-3-2-4-6-20/h7-12,26H,2-6,13H2,1H3,(H,23,24)/b14-7+. The fourth-order valence-electron chi connectivity index (χ4n) is 3.89. The average molecular weight is 354 g/mol. The van der Waals surface area contributed by atoms with Gasteiger partial charge in [0.1, 0.15) is 5.67 Å². The van der Waals surface area contributed by atoms with E-state index in [1.165, 1.54) is 0 Å². The minimum absolute atomic E-state index is 0.216. The number of aliphatic hydroxyl groups excluding tert-OH is 1. The highest BCUT2D eigenvalue weighted by molar-refractivity contribution is 5.93. The molecule has 0 unspecified atom stereocenters. The number of nitrogens with one attached hydrogen (secondary N) is 1. The number of nitrogens with zero attached hydrogens (tertiary/aromatic N) is 3. The van der Waals surface area contributed by atoms with Crippen molar-refractivity contribution in [3.63, 3.8) is 0 Å². The summed E-state index contributed by atoms with van der Waals surface area (Å²) in [5.74, 6) is 0.216. The van der Waals surface area contributed by atoms with Crippen LogP contribution in [0.1, 0.15) is 44.6 Å². The summed E-state index contributed by atoms with van der Waals surface area (Å²) in [4.78, 5) is 4.59. The first-order valence-electron chi connectivity index (χ1n) is 9.08. The van der Waals surface area contributed by atoms with Crippen molar-refractivity contribution in [3.8, 4) is 11.1 Å². The molecule has 0 amide bonds. The number of aromatic amines is 1. The lowest BCUT2D eigenvalue weighted by Crippen LogP contribution is -2.31. The van der Waals surface area contributed by atoms with Gasteiger partial charge in [-0.05, 0) is 37.5 Å². The number of hydrogen-bond donors (Lipinski definition) is 2. The molecule has 0 bridgehead atoms. The van der Waals surface area contributed by atoms with Crippen molar-refractivity contribution >= 4 is 17.1 Å². The summed E-state index contributed by atoms with van der Waals surface area (Å²) in [5.41, 5.74) is 3.18. The van der Waals surface area contributed by atoms with Gasteiger partial charge in [0, 0.05) is 29.7 Å². The normalized spacial score (nSPS) is 17.7. The number of rotatable bonds is 4. The molecule has 3 heterocycles. The van der Waals surface area contributed by atoms with Crippen LogP contribution in [-0.2, 0) is 6.54 Å². The van der Waals surface area contributed by atoms with Gasteiger partial charge in [0.15, 0.2) is 0 Å². The van der Waals surface area contributed by atoms with Crippen LogP contribution < -0.4 is 0 Å². The number of H-pyrrole nitrogens is 1. The Morgan fingerprint density at radius 1 is 1.35 bits per heavy atom. The maximum atomic E-state index is 15.3. The molecule has 0 aliphatic heterocycles. The molecule has 136 valence electrons. The molecule has 4 rings (SSSR count). The Bertz CT molecular complexity index is 932. The number of alkyl halides is 1. The Labute approximate surface area is 151 Å². The number of pyridine rings is 1. The summed E-state index contributed by atoms with van der Waals surface area (Å²) in [6, 6.07) is 1.96. The Morgan fingerprint density at radius 3 is 2.85 bits per heavy atom. The van der Waals surface area contributed by atoms with E-state index in [1.54, 1.807) is 25.4 Å². The second kappa shape index (κ2) is 6.59. The molecule has 0 aromatic carbocycles. The molecule has 0 spiro atoms. The molecule has 1 fully saturated rings. The van der Waals surface area contributed by atoms with Crippen LogP contribution in [0.5, 0.6) is 0 Å². The van der Waals surface area contributed by atoms with Crippen LogP contribution in [0.4, 0.5) is 4.39 Å². The predicted octanol–water partition coefficient (Wildman–Crippen LogP) is 5.02. The first kappa shape index (κ1) is 16.8. The number of allylic oxidation sites excluding steroid dienone is 1. The van der Waals surface area contributed by atoms with Crippen LogP contribution >= 0.6 is 0 Å². The molecule has 1 aliphatic carbocycles. The second-order valence-corrected chi connectivity index (χ2v) is 7.29. The number of fused-ring (bicyclic) bond motifs is 1. The lowest BCUT2D eigenvalue weighted by atomic mass is 9.86. The van der Waals surface area contributed by atoms with Crippen LogP contribution in [0.25, 0.3) is 28.2 Å². The fourth-order valence-corrected chi connectivity index (χ4v) is 3.89. The van der Waals surface area contributed by atoms with E-state index >= 15 is 4.39 Å². The molecular formula is C20H23FN4O. The van der Waals surface area contributed by atoms with Crippen molar-refractivity contribution < 1.29 is 9.50 Å². The summed E-state index contributed by atoms with van der Waals surface area (Å²) < 4.78 is 17.3. The number of aliphatic hydroxyl groups is 1. The topological polar surface area (TPSA) is 66.7 Å². The first-order chi connectivity index (χ1) is 12.5. The Kier molecular flexibility index (Phi) is 4.26. The van der Waals surface area contributed by atoms with Crippen molar-refractivity contribution in [3.05, 3.63) is 42.2 Å². The summed E-state index contributed by atoms with van der Waals surface area (Å²) >= 11 is 0. The van der Waals surface area contributed by atoms with Crippen molar-refractivity contribution in [1.29, 1.82) is 0 Å². The first-order valence-corrected chi connectivity index (χ1v) is 9.08. The van der Waals surface area contributed by atoms with Crippen LogP contribution in [0.15, 0.2) is 36.6 Å². The van der Waals surface area contributed by atoms with Gasteiger partial charge in [-0.2, -0.15) is 5.10 Å². The van der Waals surface area contributed by atoms with Crippen molar-refractivity contribution in [2.75, 3.05) is 0 Å². The molecule has 0 atom stereocenters. The number of hydrogen-bond acceptors (Lipinski definition) is 3. The molecule has 3 aromatic heterocycles. The molecule has 26 heavy (non-hydrogen) atoms. The van der Waals surface area contributed by atoms with Crippen LogP contribution in [0.3, 0.4) is 0 Å². The SMILES string of the molecule is C/C(O)=C\c1cnc2c(-c3cn[nH]c3)cn(CC3(F)CCCCC3)c2c1. The third-order valence-corrected chi connectivity index (χ3v) is 5.13. The molecule has 2 N–H and O–H groups in total. The highest BCUT2D eigenvalue weighted by Crippen LogP contribution is 2.36. The largest absolute Gasteiger partial charge is 0.513 e. The zero-order valence-electron chi connectivity index (χ0n) is 14.9. The van der Waals surface area contributed by atoms with E-state index in [9.17, 15) is 5.11 Å². The Hall–Kier alpha value is -2.63. The predicted molar refractivity (Wildman–Crippen MR) is 101 cm³/mol. The van der Waals surface area contributed by atoms with E-state index in [1.807, 2.05) is 23.0 Å². The second-order valence-electron chi connectivity index (χ2n) is 7.29. The third-order valence-electron chi connectivity index (χ3n) is 5.13. The summed E-state index contributed by atoms with van der Waals surface area (Å²) in [7, 11) is 0. The quantitative estimate of drug-likeness (QED) is 0.647. The molecule has 1 saturated carbocycles. The average Bonchev–Trinajstić information content (AvgIpc) is 3.23.